The van der Waals surface area contributed by atoms with Crippen LogP contribution in [0.2, 0.25) is 5.28 Å². The number of halogens is 1. The maximum Gasteiger partial charge on any atom is 0.201 e. The molecule has 0 saturated heterocycles. The first-order valence-corrected chi connectivity index (χ1v) is 3.42. The van der Waals surface area contributed by atoms with Crippen LogP contribution < -0.4 is 5.73 Å². The summed E-state index contributed by atoms with van der Waals surface area (Å²) in [7, 11) is 0. The topological polar surface area (TPSA) is 54.7 Å². The van der Waals surface area contributed by atoms with Gasteiger partial charge >= 0.3 is 0 Å². The van der Waals surface area contributed by atoms with Crippen molar-refractivity contribution in [2.45, 2.75) is 6.92 Å². The van der Waals surface area contributed by atoms with Crippen LogP contribution in [0.25, 0.3) is 0 Å². The Morgan fingerprint density at radius 2 is 2.30 bits per heavy atom. The number of nitrogens with two attached hydrogens (primary N) is 1. The van der Waals surface area contributed by atoms with E-state index in [2.05, 4.69) is 9.97 Å². The molecule has 3 N–H and O–H groups in total. The van der Waals surface area contributed by atoms with Gasteiger partial charge in [0.05, 0.1) is 5.69 Å². The van der Waals surface area contributed by atoms with Gasteiger partial charge in [-0.2, -0.15) is 0 Å². The molecule has 0 saturated carbocycles. The van der Waals surface area contributed by atoms with Crippen LogP contribution in [0.15, 0.2) is 0 Å². The van der Waals surface area contributed by atoms with Crippen molar-refractivity contribution in [1.29, 1.82) is 0 Å². The van der Waals surface area contributed by atoms with Crippen LogP contribution in [-0.2, 0) is 0 Å². The second-order valence-electron chi connectivity index (χ2n) is 1.87. The minimum atomic E-state index is 0.275. The van der Waals surface area contributed by atoms with Crippen molar-refractivity contribution in [3.05, 3.63) is 15.6 Å². The van der Waals surface area contributed by atoms with E-state index in [1.165, 1.54) is 0 Å². The number of H-pyrrole nitrogens is 1. The van der Waals surface area contributed by atoms with E-state index in [9.17, 15) is 0 Å². The highest BCUT2D eigenvalue weighted by molar-refractivity contribution is 7.71. The van der Waals surface area contributed by atoms with E-state index in [0.29, 0.717) is 10.3 Å². The van der Waals surface area contributed by atoms with E-state index in [-0.39, 0.29) is 5.28 Å². The summed E-state index contributed by atoms with van der Waals surface area (Å²) in [5, 5.41) is 0.275. The smallest absolute Gasteiger partial charge is 0.201 e. The first-order chi connectivity index (χ1) is 4.61. The summed E-state index contributed by atoms with van der Waals surface area (Å²) < 4.78 is 0.348. The molecule has 1 rings (SSSR count). The van der Waals surface area contributed by atoms with Gasteiger partial charge in [-0.3, -0.25) is 0 Å². The van der Waals surface area contributed by atoms with Crippen molar-refractivity contribution in [3.8, 4) is 0 Å². The lowest BCUT2D eigenvalue weighted by Crippen LogP contribution is -1.96. The zero-order chi connectivity index (χ0) is 7.72. The quantitative estimate of drug-likeness (QED) is 0.466. The van der Waals surface area contributed by atoms with E-state index in [1.54, 1.807) is 6.92 Å². The number of nitrogens with zero attached hydrogens (tertiary/aromatic N) is 1. The summed E-state index contributed by atoms with van der Waals surface area (Å²) in [4.78, 5) is 6.48. The summed E-state index contributed by atoms with van der Waals surface area (Å²) in [6.07, 6.45) is 0. The number of nitrogen functional groups attached to an aromatic ring is 1. The van der Waals surface area contributed by atoms with E-state index >= 15 is 0 Å². The largest absolute Gasteiger partial charge is 0.395 e. The van der Waals surface area contributed by atoms with Crippen LogP contribution in [0.5, 0.6) is 0 Å². The number of hydrogen-bond donors (Lipinski definition) is 2. The SMILES string of the molecule is Cc1[nH]c(Cl)nc(=S)c1N. The number of aromatic nitrogens is 2. The van der Waals surface area contributed by atoms with Crippen LogP contribution in [0.3, 0.4) is 0 Å². The van der Waals surface area contributed by atoms with Gasteiger partial charge in [0, 0.05) is 5.69 Å². The molecule has 0 fully saturated rings. The summed E-state index contributed by atoms with van der Waals surface area (Å²) in [5.74, 6) is 0. The number of anilines is 1. The maximum absolute atomic E-state index is 5.53. The molecule has 5 heteroatoms. The van der Waals surface area contributed by atoms with Crippen LogP contribution in [0.4, 0.5) is 5.69 Å². The molecule has 0 radical (unpaired) electrons. The van der Waals surface area contributed by atoms with Crippen molar-refractivity contribution in [3.63, 3.8) is 0 Å². The third-order valence-electron chi connectivity index (χ3n) is 1.12. The second-order valence-corrected chi connectivity index (χ2v) is 2.62. The van der Waals surface area contributed by atoms with Crippen molar-refractivity contribution in [2.75, 3.05) is 5.73 Å². The molecule has 0 atom stereocenters. The van der Waals surface area contributed by atoms with Crippen LogP contribution in [-0.4, -0.2) is 9.97 Å². The molecule has 0 aliphatic rings. The van der Waals surface area contributed by atoms with Crippen LogP contribution in [0, 0.1) is 11.6 Å². The highest BCUT2D eigenvalue weighted by Gasteiger charge is 1.97. The van der Waals surface area contributed by atoms with Gasteiger partial charge in [-0.25, -0.2) is 4.98 Å². The Morgan fingerprint density at radius 3 is 2.80 bits per heavy atom. The van der Waals surface area contributed by atoms with Crippen LogP contribution in [0.1, 0.15) is 5.69 Å². The van der Waals surface area contributed by atoms with Crippen molar-refractivity contribution in [1.82, 2.24) is 9.97 Å². The summed E-state index contributed by atoms with van der Waals surface area (Å²) in [5.41, 5.74) is 6.73. The number of hydrogen-bond acceptors (Lipinski definition) is 3. The number of aromatic amines is 1. The van der Waals surface area contributed by atoms with Gasteiger partial charge in [-0.1, -0.05) is 12.2 Å². The monoisotopic (exact) mass is 175 g/mol. The van der Waals surface area contributed by atoms with Gasteiger partial charge in [0.15, 0.2) is 4.64 Å². The standard InChI is InChI=1S/C5H6ClN3S/c1-2-3(7)4(10)9-5(6)8-2/h7H2,1H3,(H,8,9,10). The molecular formula is C5H6ClN3S. The minimum Gasteiger partial charge on any atom is -0.395 e. The molecule has 3 nitrogen and oxygen atoms in total. The predicted octanol–water partition coefficient (Wildman–Crippen LogP) is 1.68. The molecule has 10 heavy (non-hydrogen) atoms. The first kappa shape index (κ1) is 7.50. The molecule has 0 aliphatic heterocycles. The van der Waals surface area contributed by atoms with E-state index in [1.807, 2.05) is 0 Å². The molecule has 0 aliphatic carbocycles. The molecule has 0 unspecified atom stereocenters. The average Bonchev–Trinajstić information content (AvgIpc) is 1.82. The van der Waals surface area contributed by atoms with Gasteiger partial charge in [0.25, 0.3) is 0 Å². The normalized spacial score (nSPS) is 9.80. The van der Waals surface area contributed by atoms with Crippen LogP contribution >= 0.6 is 23.8 Å². The molecule has 1 aromatic heterocycles. The second kappa shape index (κ2) is 2.56. The third-order valence-corrected chi connectivity index (χ3v) is 1.61. The van der Waals surface area contributed by atoms with E-state index in [0.717, 1.165) is 5.69 Å². The number of nitrogens with one attached hydrogen (secondary N) is 1. The van der Waals surface area contributed by atoms with Gasteiger partial charge in [-0.05, 0) is 18.5 Å². The Hall–Kier alpha value is -0.610. The summed E-state index contributed by atoms with van der Waals surface area (Å²) >= 11 is 10.3. The fraction of sp³-hybridized carbons (Fsp3) is 0.200. The zero-order valence-electron chi connectivity index (χ0n) is 5.31. The molecule has 0 spiro atoms. The molecule has 1 aromatic rings. The minimum absolute atomic E-state index is 0.275. The maximum atomic E-state index is 5.53. The highest BCUT2D eigenvalue weighted by atomic mass is 35.5. The Labute approximate surface area is 68.2 Å². The summed E-state index contributed by atoms with van der Waals surface area (Å²) in [6, 6.07) is 0. The predicted molar refractivity (Wildman–Crippen MR) is 43.6 cm³/mol. The Balaban J connectivity index is 3.46. The van der Waals surface area contributed by atoms with Crippen molar-refractivity contribution >= 4 is 29.5 Å². The van der Waals surface area contributed by atoms with Gasteiger partial charge < -0.3 is 10.7 Å². The Morgan fingerprint density at radius 1 is 1.70 bits per heavy atom. The average molecular weight is 176 g/mol. The summed E-state index contributed by atoms with van der Waals surface area (Å²) in [6.45, 7) is 1.79. The zero-order valence-corrected chi connectivity index (χ0v) is 6.88. The van der Waals surface area contributed by atoms with Gasteiger partial charge in [-0.15, -0.1) is 0 Å². The lowest BCUT2D eigenvalue weighted by atomic mass is 10.4. The third kappa shape index (κ3) is 1.27. The van der Waals surface area contributed by atoms with Crippen molar-refractivity contribution in [2.24, 2.45) is 0 Å². The van der Waals surface area contributed by atoms with E-state index < -0.39 is 0 Å². The fourth-order valence-electron chi connectivity index (χ4n) is 0.560. The molecular weight excluding hydrogens is 170 g/mol. The van der Waals surface area contributed by atoms with Crippen molar-refractivity contribution < 1.29 is 0 Å². The van der Waals surface area contributed by atoms with Gasteiger partial charge in [0.1, 0.15) is 0 Å². The molecule has 54 valence electrons. The molecule has 0 amide bonds. The first-order valence-electron chi connectivity index (χ1n) is 2.63. The Bertz CT molecular complexity index is 306. The molecule has 1 heterocycles. The molecule has 0 aromatic carbocycles. The Kier molecular flexibility index (Phi) is 1.92. The van der Waals surface area contributed by atoms with Gasteiger partial charge in [0.2, 0.25) is 5.28 Å². The lowest BCUT2D eigenvalue weighted by Gasteiger charge is -1.98. The lowest BCUT2D eigenvalue weighted by molar-refractivity contribution is 1.10. The highest BCUT2D eigenvalue weighted by Crippen LogP contribution is 2.10. The number of rotatable bonds is 0. The molecule has 0 bridgehead atoms. The fourth-order valence-corrected chi connectivity index (χ4v) is 1.08. The number of aryl methyl sites for hydroxylation is 1. The van der Waals surface area contributed by atoms with E-state index in [4.69, 9.17) is 29.6 Å².